The van der Waals surface area contributed by atoms with E-state index in [9.17, 15) is 0 Å². The van der Waals surface area contributed by atoms with Gasteiger partial charge in [-0.15, -0.1) is 0 Å². The zero-order chi connectivity index (χ0) is 40.3. The number of fused-ring (bicyclic) bond motifs is 5. The Morgan fingerprint density at radius 3 is 2.05 bits per heavy atom. The monoisotopic (exact) mass is 750 g/mol. The first-order chi connectivity index (χ1) is 27.3. The van der Waals surface area contributed by atoms with Crippen molar-refractivity contribution in [1.82, 2.24) is 4.90 Å². The van der Waals surface area contributed by atoms with E-state index in [1.165, 1.54) is 96.7 Å². The number of benzene rings is 4. The van der Waals surface area contributed by atoms with Crippen LogP contribution in [-0.2, 0) is 10.8 Å². The second-order valence-electron chi connectivity index (χ2n) is 18.5. The predicted molar refractivity (Wildman–Crippen MR) is 248 cm³/mol. The Bertz CT molecular complexity index is 2420. The van der Waals surface area contributed by atoms with Gasteiger partial charge in [0.2, 0.25) is 0 Å². The number of rotatable bonds is 9. The van der Waals surface area contributed by atoms with Crippen molar-refractivity contribution in [3.8, 4) is 11.1 Å². The lowest BCUT2D eigenvalue weighted by atomic mass is 9.79. The fourth-order valence-electron chi connectivity index (χ4n) is 10.3. The number of nitrogens with zero attached hydrogens (tertiary/aromatic N) is 2. The summed E-state index contributed by atoms with van der Waals surface area (Å²) in [5.74, 6) is 0. The average molecular weight is 751 g/mol. The molecule has 1 atom stereocenters. The highest BCUT2D eigenvalue weighted by Gasteiger charge is 2.38. The third-order valence-corrected chi connectivity index (χ3v) is 13.6. The van der Waals surface area contributed by atoms with Crippen LogP contribution in [-0.4, -0.2) is 23.0 Å². The highest BCUT2D eigenvalue weighted by atomic mass is 15.2. The van der Waals surface area contributed by atoms with Gasteiger partial charge in [-0.25, -0.2) is 0 Å². The molecular weight excluding hydrogens is 689 g/mol. The summed E-state index contributed by atoms with van der Waals surface area (Å²) in [6.45, 7) is 24.4. The van der Waals surface area contributed by atoms with Gasteiger partial charge in [0, 0.05) is 40.5 Å². The molecule has 2 aliphatic carbocycles. The molecule has 0 amide bonds. The van der Waals surface area contributed by atoms with E-state index < -0.39 is 0 Å². The number of anilines is 2. The number of para-hydroxylation sites is 1. The van der Waals surface area contributed by atoms with E-state index in [2.05, 4.69) is 207 Å². The van der Waals surface area contributed by atoms with E-state index in [4.69, 9.17) is 0 Å². The molecule has 2 heterocycles. The summed E-state index contributed by atoms with van der Waals surface area (Å²) >= 11 is 0. The zero-order valence-electron chi connectivity index (χ0n) is 36.1. The van der Waals surface area contributed by atoms with Crippen molar-refractivity contribution in [2.75, 3.05) is 11.4 Å². The standard InChI is InChI=1S/C55H62N2/c1-11-13-19-51-37(3)21-22-38(4)56(51)33-16-18-43-44-28-25-39(34-48(44)54(7,8)47(43)12-2)23-24-40-26-29-45-46-30-27-42(36-50(46)55(9,10)49(45)35-40)57-52-20-15-14-17-41(52)31-32-53(57,5)6/h13-20,23-32,34-36,38H,11-12,21-22,33H2,1-10H3/b18-16-,19-13-,24-23+. The van der Waals surface area contributed by atoms with E-state index in [-0.39, 0.29) is 16.4 Å². The van der Waals surface area contributed by atoms with Gasteiger partial charge in [-0.1, -0.05) is 150 Å². The fraction of sp³-hybridized carbons (Fsp3) is 0.345. The van der Waals surface area contributed by atoms with Crippen LogP contribution in [0.4, 0.5) is 11.4 Å². The Balaban J connectivity index is 1.04. The van der Waals surface area contributed by atoms with Crippen molar-refractivity contribution in [2.45, 2.75) is 117 Å². The van der Waals surface area contributed by atoms with Crippen molar-refractivity contribution in [1.29, 1.82) is 0 Å². The Morgan fingerprint density at radius 1 is 0.702 bits per heavy atom. The number of hydrogen-bond donors (Lipinski definition) is 0. The molecule has 0 saturated carbocycles. The molecule has 0 aromatic heterocycles. The first-order valence-corrected chi connectivity index (χ1v) is 21.5. The molecule has 2 heteroatoms. The van der Waals surface area contributed by atoms with Crippen LogP contribution in [0.15, 0.2) is 126 Å². The van der Waals surface area contributed by atoms with Gasteiger partial charge in [0.05, 0.1) is 5.54 Å². The van der Waals surface area contributed by atoms with Gasteiger partial charge < -0.3 is 9.80 Å². The maximum Gasteiger partial charge on any atom is 0.0580 e. The highest BCUT2D eigenvalue weighted by molar-refractivity contribution is 5.89. The van der Waals surface area contributed by atoms with Crippen LogP contribution in [0.3, 0.4) is 0 Å². The first kappa shape index (κ1) is 38.8. The van der Waals surface area contributed by atoms with Gasteiger partial charge >= 0.3 is 0 Å². The summed E-state index contributed by atoms with van der Waals surface area (Å²) in [5.41, 5.74) is 20.2. The smallest absolute Gasteiger partial charge is 0.0580 e. The first-order valence-electron chi connectivity index (χ1n) is 21.5. The normalized spacial score (nSPS) is 20.3. The van der Waals surface area contributed by atoms with Gasteiger partial charge in [-0.3, -0.25) is 0 Å². The maximum absolute atomic E-state index is 2.60. The minimum Gasteiger partial charge on any atom is -0.365 e. The molecule has 0 fully saturated rings. The van der Waals surface area contributed by atoms with Crippen LogP contribution in [0.25, 0.3) is 34.9 Å². The molecule has 2 aliphatic heterocycles. The molecule has 4 aliphatic rings. The fourth-order valence-corrected chi connectivity index (χ4v) is 10.3. The Labute approximate surface area is 343 Å². The minimum absolute atomic E-state index is 0.0124. The molecule has 4 aromatic carbocycles. The largest absolute Gasteiger partial charge is 0.365 e. The average Bonchev–Trinajstić information content (AvgIpc) is 3.55. The molecular formula is C55H62N2. The summed E-state index contributed by atoms with van der Waals surface area (Å²) in [6.07, 6.45) is 23.2. The second kappa shape index (κ2) is 14.7. The Morgan fingerprint density at radius 2 is 1.35 bits per heavy atom. The summed E-state index contributed by atoms with van der Waals surface area (Å²) in [4.78, 5) is 5.11. The van der Waals surface area contributed by atoms with Crippen molar-refractivity contribution in [2.24, 2.45) is 0 Å². The van der Waals surface area contributed by atoms with Gasteiger partial charge in [0.1, 0.15) is 0 Å². The highest BCUT2D eigenvalue weighted by Crippen LogP contribution is 2.52. The molecule has 292 valence electrons. The SMILES string of the molecule is CC/C=C\C1=C(C)CCC(C)N1C/C=C\C1=C(CC)C(C)(C)c2cc(/C=C/c3ccc4c(c3)C(C)(C)c3cc(N5c6ccccc6C=CC5(C)C)ccc3-4)ccc21. The molecule has 0 N–H and O–H groups in total. The molecule has 0 saturated heterocycles. The van der Waals surface area contributed by atoms with Gasteiger partial charge in [0.15, 0.2) is 0 Å². The third-order valence-electron chi connectivity index (χ3n) is 13.6. The molecule has 0 bridgehead atoms. The lowest BCUT2D eigenvalue weighted by Gasteiger charge is -2.42. The Hall–Kier alpha value is -5.08. The minimum atomic E-state index is -0.131. The zero-order valence-corrected chi connectivity index (χ0v) is 36.1. The molecule has 1 unspecified atom stereocenters. The van der Waals surface area contributed by atoms with Crippen LogP contribution in [0.1, 0.15) is 134 Å². The van der Waals surface area contributed by atoms with Gasteiger partial charge in [-0.2, -0.15) is 0 Å². The van der Waals surface area contributed by atoms with Crippen molar-refractivity contribution < 1.29 is 0 Å². The van der Waals surface area contributed by atoms with E-state index in [1.807, 2.05) is 0 Å². The summed E-state index contributed by atoms with van der Waals surface area (Å²) < 4.78 is 0. The molecule has 0 radical (unpaired) electrons. The third kappa shape index (κ3) is 6.69. The lowest BCUT2D eigenvalue weighted by Crippen LogP contribution is -2.40. The van der Waals surface area contributed by atoms with Crippen LogP contribution in [0, 0.1) is 0 Å². The Kier molecular flexibility index (Phi) is 10.00. The summed E-state index contributed by atoms with van der Waals surface area (Å²) in [6, 6.07) is 30.6. The van der Waals surface area contributed by atoms with Crippen LogP contribution in [0.5, 0.6) is 0 Å². The maximum atomic E-state index is 2.60. The van der Waals surface area contributed by atoms with E-state index in [0.717, 1.165) is 19.4 Å². The molecule has 0 spiro atoms. The van der Waals surface area contributed by atoms with Gasteiger partial charge in [-0.05, 0) is 139 Å². The van der Waals surface area contributed by atoms with Crippen LogP contribution >= 0.6 is 0 Å². The van der Waals surface area contributed by atoms with Gasteiger partial charge in [0.25, 0.3) is 0 Å². The van der Waals surface area contributed by atoms with Crippen molar-refractivity contribution in [3.63, 3.8) is 0 Å². The summed E-state index contributed by atoms with van der Waals surface area (Å²) in [5, 5.41) is 0. The number of hydrogen-bond acceptors (Lipinski definition) is 2. The summed E-state index contributed by atoms with van der Waals surface area (Å²) in [7, 11) is 0. The predicted octanol–water partition coefficient (Wildman–Crippen LogP) is 14.8. The quantitative estimate of drug-likeness (QED) is 0.157. The van der Waals surface area contributed by atoms with E-state index in [1.54, 1.807) is 0 Å². The molecule has 8 rings (SSSR count). The molecule has 2 nitrogen and oxygen atoms in total. The van der Waals surface area contributed by atoms with Crippen molar-refractivity contribution >= 4 is 35.2 Å². The number of allylic oxidation sites excluding steroid dienone is 6. The molecule has 4 aromatic rings. The van der Waals surface area contributed by atoms with E-state index in [0.29, 0.717) is 6.04 Å². The second-order valence-corrected chi connectivity index (χ2v) is 18.5. The topological polar surface area (TPSA) is 6.48 Å². The lowest BCUT2D eigenvalue weighted by molar-refractivity contribution is 0.267. The van der Waals surface area contributed by atoms with Crippen LogP contribution < -0.4 is 4.90 Å². The van der Waals surface area contributed by atoms with Crippen LogP contribution in [0.2, 0.25) is 0 Å². The van der Waals surface area contributed by atoms with Crippen molar-refractivity contribution in [3.05, 3.63) is 165 Å². The molecule has 57 heavy (non-hydrogen) atoms. The van der Waals surface area contributed by atoms with E-state index >= 15 is 0 Å².